The Labute approximate surface area is 91.4 Å². The van der Waals surface area contributed by atoms with Crippen molar-refractivity contribution in [2.75, 3.05) is 31.0 Å². The molecule has 3 heteroatoms. The second-order valence-electron chi connectivity index (χ2n) is 3.02. The number of methoxy groups -OCH3 is 1. The van der Waals surface area contributed by atoms with Crippen molar-refractivity contribution >= 4 is 23.5 Å². The van der Waals surface area contributed by atoms with Gasteiger partial charge in [0.1, 0.15) is 0 Å². The molecule has 0 saturated heterocycles. The summed E-state index contributed by atoms with van der Waals surface area (Å²) in [5.74, 6) is 3.79. The van der Waals surface area contributed by atoms with Crippen LogP contribution in [0.1, 0.15) is 26.7 Å². The van der Waals surface area contributed by atoms with Gasteiger partial charge in [-0.1, -0.05) is 13.8 Å². The predicted octanol–water partition coefficient (Wildman–Crippen LogP) is 3.29. The maximum Gasteiger partial charge on any atom is 0.0589 e. The van der Waals surface area contributed by atoms with E-state index < -0.39 is 0 Å². The molecule has 1 nitrogen and oxygen atoms in total. The highest BCUT2D eigenvalue weighted by atomic mass is 32.2. The fourth-order valence-electron chi connectivity index (χ4n) is 0.974. The first-order chi connectivity index (χ1) is 6.35. The molecule has 13 heavy (non-hydrogen) atoms. The normalized spacial score (nSPS) is 13.2. The van der Waals surface area contributed by atoms with Crippen LogP contribution in [-0.4, -0.2) is 36.2 Å². The standard InChI is InChI=1S/C10H22OS2/c1-4-6-12-9-10(8-11-3)13-7-5-2/h10H,4-9H2,1-3H3. The minimum Gasteiger partial charge on any atom is -0.384 e. The third kappa shape index (κ3) is 8.98. The van der Waals surface area contributed by atoms with Gasteiger partial charge in [0, 0.05) is 18.1 Å². The van der Waals surface area contributed by atoms with Crippen LogP contribution in [0.2, 0.25) is 0 Å². The Morgan fingerprint density at radius 1 is 1.15 bits per heavy atom. The smallest absolute Gasteiger partial charge is 0.0589 e. The molecule has 0 aromatic carbocycles. The zero-order chi connectivity index (χ0) is 9.94. The predicted molar refractivity (Wildman–Crippen MR) is 66.0 cm³/mol. The van der Waals surface area contributed by atoms with Gasteiger partial charge in [-0.3, -0.25) is 0 Å². The molecule has 0 radical (unpaired) electrons. The summed E-state index contributed by atoms with van der Waals surface area (Å²) in [6.07, 6.45) is 2.55. The SMILES string of the molecule is CCCSCC(COC)SCCC. The average Bonchev–Trinajstić information content (AvgIpc) is 2.14. The summed E-state index contributed by atoms with van der Waals surface area (Å²) in [5, 5.41) is 0.696. The molecule has 0 rings (SSSR count). The van der Waals surface area contributed by atoms with Crippen LogP contribution in [0.3, 0.4) is 0 Å². The average molecular weight is 222 g/mol. The summed E-state index contributed by atoms with van der Waals surface area (Å²) >= 11 is 4.10. The molecule has 0 aliphatic carbocycles. The van der Waals surface area contributed by atoms with E-state index in [9.17, 15) is 0 Å². The van der Waals surface area contributed by atoms with Gasteiger partial charge in [-0.25, -0.2) is 0 Å². The van der Waals surface area contributed by atoms with E-state index in [1.165, 1.54) is 30.1 Å². The lowest BCUT2D eigenvalue weighted by Crippen LogP contribution is -2.14. The van der Waals surface area contributed by atoms with Gasteiger partial charge in [0.05, 0.1) is 6.61 Å². The van der Waals surface area contributed by atoms with Gasteiger partial charge < -0.3 is 4.74 Å². The summed E-state index contributed by atoms with van der Waals surface area (Å²) < 4.78 is 5.20. The topological polar surface area (TPSA) is 9.23 Å². The number of thioether (sulfide) groups is 2. The summed E-state index contributed by atoms with van der Waals surface area (Å²) in [4.78, 5) is 0. The number of hydrogen-bond donors (Lipinski definition) is 0. The van der Waals surface area contributed by atoms with Crippen LogP contribution in [-0.2, 0) is 4.74 Å². The first-order valence-electron chi connectivity index (χ1n) is 5.03. The zero-order valence-corrected chi connectivity index (χ0v) is 10.7. The Morgan fingerprint density at radius 3 is 2.38 bits per heavy atom. The highest BCUT2D eigenvalue weighted by Crippen LogP contribution is 2.18. The van der Waals surface area contributed by atoms with Crippen molar-refractivity contribution in [3.63, 3.8) is 0 Å². The Morgan fingerprint density at radius 2 is 1.85 bits per heavy atom. The third-order valence-electron chi connectivity index (χ3n) is 1.56. The van der Waals surface area contributed by atoms with E-state index in [0.717, 1.165) is 6.61 Å². The van der Waals surface area contributed by atoms with Crippen molar-refractivity contribution in [2.45, 2.75) is 31.9 Å². The van der Waals surface area contributed by atoms with E-state index in [4.69, 9.17) is 4.74 Å². The van der Waals surface area contributed by atoms with Crippen LogP contribution in [0.4, 0.5) is 0 Å². The second-order valence-corrected chi connectivity index (χ2v) is 5.58. The van der Waals surface area contributed by atoms with Crippen molar-refractivity contribution < 1.29 is 4.74 Å². The Kier molecular flexibility index (Phi) is 11.3. The van der Waals surface area contributed by atoms with Gasteiger partial charge in [-0.15, -0.1) is 0 Å². The summed E-state index contributed by atoms with van der Waals surface area (Å²) in [6.45, 7) is 5.37. The monoisotopic (exact) mass is 222 g/mol. The van der Waals surface area contributed by atoms with Crippen LogP contribution >= 0.6 is 23.5 Å². The molecular formula is C10H22OS2. The molecule has 0 aliphatic rings. The lowest BCUT2D eigenvalue weighted by molar-refractivity contribution is 0.203. The lowest BCUT2D eigenvalue weighted by Gasteiger charge is -2.14. The highest BCUT2D eigenvalue weighted by Gasteiger charge is 2.07. The van der Waals surface area contributed by atoms with Crippen LogP contribution in [0, 0.1) is 0 Å². The molecule has 1 atom stereocenters. The molecule has 0 N–H and O–H groups in total. The first kappa shape index (κ1) is 13.7. The number of rotatable bonds is 9. The van der Waals surface area contributed by atoms with Gasteiger partial charge in [0.25, 0.3) is 0 Å². The molecule has 0 fully saturated rings. The maximum absolute atomic E-state index is 5.20. The first-order valence-corrected chi connectivity index (χ1v) is 7.23. The van der Waals surface area contributed by atoms with Crippen molar-refractivity contribution in [3.05, 3.63) is 0 Å². The van der Waals surface area contributed by atoms with Gasteiger partial charge in [-0.2, -0.15) is 23.5 Å². The summed E-state index contributed by atoms with van der Waals surface area (Å²) in [7, 11) is 1.80. The number of hydrogen-bond acceptors (Lipinski definition) is 3. The largest absolute Gasteiger partial charge is 0.384 e. The molecule has 0 aromatic rings. The molecule has 0 bridgehead atoms. The van der Waals surface area contributed by atoms with Crippen LogP contribution < -0.4 is 0 Å². The zero-order valence-electron chi connectivity index (χ0n) is 9.04. The molecular weight excluding hydrogens is 200 g/mol. The van der Waals surface area contributed by atoms with Crippen LogP contribution in [0.5, 0.6) is 0 Å². The molecule has 0 aromatic heterocycles. The van der Waals surface area contributed by atoms with Gasteiger partial charge in [-0.05, 0) is 24.3 Å². The van der Waals surface area contributed by atoms with E-state index in [1.807, 2.05) is 0 Å². The van der Waals surface area contributed by atoms with Crippen molar-refractivity contribution in [1.29, 1.82) is 0 Å². The molecule has 0 aliphatic heterocycles. The van der Waals surface area contributed by atoms with Gasteiger partial charge in [0.2, 0.25) is 0 Å². The fraction of sp³-hybridized carbons (Fsp3) is 1.00. The quantitative estimate of drug-likeness (QED) is 0.554. The molecule has 80 valence electrons. The Balaban J connectivity index is 3.41. The Bertz CT molecular complexity index is 98.9. The van der Waals surface area contributed by atoms with Crippen molar-refractivity contribution in [1.82, 2.24) is 0 Å². The maximum atomic E-state index is 5.20. The summed E-state index contributed by atoms with van der Waals surface area (Å²) in [5.41, 5.74) is 0. The minimum absolute atomic E-state index is 0.696. The number of ether oxygens (including phenoxy) is 1. The van der Waals surface area contributed by atoms with Crippen LogP contribution in [0.25, 0.3) is 0 Å². The van der Waals surface area contributed by atoms with Gasteiger partial charge in [0.15, 0.2) is 0 Å². The van der Waals surface area contributed by atoms with Crippen LogP contribution in [0.15, 0.2) is 0 Å². The van der Waals surface area contributed by atoms with Gasteiger partial charge >= 0.3 is 0 Å². The second kappa shape index (κ2) is 10.7. The van der Waals surface area contributed by atoms with E-state index in [-0.39, 0.29) is 0 Å². The van der Waals surface area contributed by atoms with E-state index in [1.54, 1.807) is 7.11 Å². The van der Waals surface area contributed by atoms with E-state index in [2.05, 4.69) is 37.4 Å². The fourth-order valence-corrected chi connectivity index (χ4v) is 3.26. The summed E-state index contributed by atoms with van der Waals surface area (Å²) in [6, 6.07) is 0. The third-order valence-corrected chi connectivity index (χ3v) is 4.53. The van der Waals surface area contributed by atoms with E-state index in [0.29, 0.717) is 5.25 Å². The van der Waals surface area contributed by atoms with Crippen molar-refractivity contribution in [2.24, 2.45) is 0 Å². The molecule has 0 heterocycles. The molecule has 0 spiro atoms. The molecule has 1 unspecified atom stereocenters. The Hall–Kier alpha value is 0.660. The van der Waals surface area contributed by atoms with Crippen molar-refractivity contribution in [3.8, 4) is 0 Å². The molecule has 0 amide bonds. The minimum atomic E-state index is 0.696. The highest BCUT2D eigenvalue weighted by molar-refractivity contribution is 8.03. The van der Waals surface area contributed by atoms with E-state index >= 15 is 0 Å². The molecule has 0 saturated carbocycles. The lowest BCUT2D eigenvalue weighted by atomic mass is 10.5.